The molecule has 1 fully saturated rings. The molecule has 0 radical (unpaired) electrons. The van der Waals surface area contributed by atoms with Gasteiger partial charge < -0.3 is 9.47 Å². The fourth-order valence-corrected chi connectivity index (χ4v) is 1.79. The number of nitrogens with zero attached hydrogens (tertiary/aromatic N) is 1. The highest BCUT2D eigenvalue weighted by atomic mass is 16.5. The van der Waals surface area contributed by atoms with Gasteiger partial charge in [-0.2, -0.15) is 0 Å². The summed E-state index contributed by atoms with van der Waals surface area (Å²) in [7, 11) is 1.62. The fourth-order valence-electron chi connectivity index (χ4n) is 1.79. The van der Waals surface area contributed by atoms with E-state index in [4.69, 9.17) is 9.47 Å². The van der Waals surface area contributed by atoms with Crippen LogP contribution in [0.2, 0.25) is 0 Å². The summed E-state index contributed by atoms with van der Waals surface area (Å²) in [6, 6.07) is 7.54. The van der Waals surface area contributed by atoms with Crippen molar-refractivity contribution in [2.45, 2.75) is 0 Å². The smallest absolute Gasteiger partial charge is 0.258 e. The third kappa shape index (κ3) is 4.39. The highest BCUT2D eigenvalue weighted by molar-refractivity contribution is 5.91. The van der Waals surface area contributed by atoms with Crippen molar-refractivity contribution in [3.05, 3.63) is 35.9 Å². The van der Waals surface area contributed by atoms with E-state index < -0.39 is 0 Å². The maximum absolute atomic E-state index is 11.7. The Morgan fingerprint density at radius 3 is 2.95 bits per heavy atom. The Morgan fingerprint density at radius 2 is 2.21 bits per heavy atom. The Kier molecular flexibility index (Phi) is 4.94. The number of morpholine rings is 1. The van der Waals surface area contributed by atoms with Crippen molar-refractivity contribution in [1.82, 2.24) is 10.4 Å². The van der Waals surface area contributed by atoms with Gasteiger partial charge in [-0.15, -0.1) is 0 Å². The zero-order chi connectivity index (χ0) is 13.5. The molecule has 1 saturated heterocycles. The minimum atomic E-state index is -0.135. The molecule has 102 valence electrons. The molecule has 0 atom stereocenters. The van der Waals surface area contributed by atoms with Gasteiger partial charge in [0.15, 0.2) is 0 Å². The second-order valence-corrected chi connectivity index (χ2v) is 4.19. The van der Waals surface area contributed by atoms with Crippen LogP contribution in [0.5, 0.6) is 5.75 Å². The zero-order valence-corrected chi connectivity index (χ0v) is 11.0. The number of carbonyl (C=O) groups is 1. The molecule has 1 aliphatic heterocycles. The molecule has 0 spiro atoms. The minimum Gasteiger partial charge on any atom is -0.497 e. The topological polar surface area (TPSA) is 50.8 Å². The van der Waals surface area contributed by atoms with Gasteiger partial charge >= 0.3 is 0 Å². The first-order valence-electron chi connectivity index (χ1n) is 6.23. The van der Waals surface area contributed by atoms with E-state index in [0.29, 0.717) is 13.2 Å². The van der Waals surface area contributed by atoms with Crippen LogP contribution in [-0.2, 0) is 9.53 Å². The summed E-state index contributed by atoms with van der Waals surface area (Å²) in [4.78, 5) is 11.7. The van der Waals surface area contributed by atoms with Gasteiger partial charge in [-0.3, -0.25) is 10.2 Å². The first-order chi connectivity index (χ1) is 9.28. The molecule has 2 rings (SSSR count). The van der Waals surface area contributed by atoms with Gasteiger partial charge in [0.25, 0.3) is 5.91 Å². The molecule has 1 aromatic carbocycles. The standard InChI is InChI=1S/C14H18N2O3/c1-18-13-4-2-3-12(11-13)5-6-14(17)15-16-7-9-19-10-8-16/h2-6,11H,7-10H2,1H3,(H,15,17)/b6-5+. The van der Waals surface area contributed by atoms with E-state index in [2.05, 4.69) is 5.43 Å². The van der Waals surface area contributed by atoms with E-state index in [1.807, 2.05) is 29.3 Å². The van der Waals surface area contributed by atoms with Gasteiger partial charge in [0.1, 0.15) is 5.75 Å². The Morgan fingerprint density at radius 1 is 1.42 bits per heavy atom. The maximum atomic E-state index is 11.7. The number of carbonyl (C=O) groups excluding carboxylic acids is 1. The third-order valence-corrected chi connectivity index (χ3v) is 2.80. The highest BCUT2D eigenvalue weighted by Gasteiger charge is 2.10. The predicted octanol–water partition coefficient (Wildman–Crippen LogP) is 1.07. The van der Waals surface area contributed by atoms with Gasteiger partial charge in [0.05, 0.1) is 20.3 Å². The number of hydrogen-bond acceptors (Lipinski definition) is 4. The van der Waals surface area contributed by atoms with Gasteiger partial charge in [-0.05, 0) is 23.8 Å². The van der Waals surface area contributed by atoms with E-state index in [0.717, 1.165) is 24.4 Å². The average molecular weight is 262 g/mol. The highest BCUT2D eigenvalue weighted by Crippen LogP contribution is 2.13. The van der Waals surface area contributed by atoms with E-state index >= 15 is 0 Å². The number of hydrazine groups is 1. The van der Waals surface area contributed by atoms with Crippen molar-refractivity contribution in [1.29, 1.82) is 0 Å². The normalized spacial score (nSPS) is 16.5. The van der Waals surface area contributed by atoms with Crippen molar-refractivity contribution >= 4 is 12.0 Å². The molecule has 1 N–H and O–H groups in total. The largest absolute Gasteiger partial charge is 0.497 e. The third-order valence-electron chi connectivity index (χ3n) is 2.80. The quantitative estimate of drug-likeness (QED) is 0.825. The molecule has 0 unspecified atom stereocenters. The zero-order valence-electron chi connectivity index (χ0n) is 11.0. The van der Waals surface area contributed by atoms with Gasteiger partial charge in [-0.25, -0.2) is 5.01 Å². The van der Waals surface area contributed by atoms with Crippen LogP contribution in [0.3, 0.4) is 0 Å². The predicted molar refractivity (Wildman–Crippen MR) is 72.6 cm³/mol. The summed E-state index contributed by atoms with van der Waals surface area (Å²) < 4.78 is 10.3. The summed E-state index contributed by atoms with van der Waals surface area (Å²) in [6.07, 6.45) is 3.28. The molecular formula is C14H18N2O3. The number of amides is 1. The van der Waals surface area contributed by atoms with E-state index in [9.17, 15) is 4.79 Å². The Hall–Kier alpha value is -1.85. The number of rotatable bonds is 4. The molecule has 0 aliphatic carbocycles. The molecule has 5 heteroatoms. The number of methoxy groups -OCH3 is 1. The lowest BCUT2D eigenvalue weighted by molar-refractivity contribution is -0.123. The lowest BCUT2D eigenvalue weighted by Crippen LogP contribution is -2.47. The summed E-state index contributed by atoms with van der Waals surface area (Å²) in [6.45, 7) is 2.75. The second kappa shape index (κ2) is 6.92. The van der Waals surface area contributed by atoms with Crippen molar-refractivity contribution in [2.24, 2.45) is 0 Å². The van der Waals surface area contributed by atoms with Crippen molar-refractivity contribution < 1.29 is 14.3 Å². The van der Waals surface area contributed by atoms with Crippen LogP contribution in [0.15, 0.2) is 30.3 Å². The average Bonchev–Trinajstić information content (AvgIpc) is 2.46. The number of benzene rings is 1. The molecule has 0 bridgehead atoms. The molecule has 1 heterocycles. The van der Waals surface area contributed by atoms with Gasteiger partial charge in [0, 0.05) is 19.2 Å². The van der Waals surface area contributed by atoms with Crippen LogP contribution in [-0.4, -0.2) is 44.3 Å². The molecule has 1 aromatic rings. The van der Waals surface area contributed by atoms with Crippen LogP contribution in [0, 0.1) is 0 Å². The van der Waals surface area contributed by atoms with Crippen LogP contribution in [0.1, 0.15) is 5.56 Å². The van der Waals surface area contributed by atoms with E-state index in [1.54, 1.807) is 13.2 Å². The van der Waals surface area contributed by atoms with Gasteiger partial charge in [-0.1, -0.05) is 12.1 Å². The molecule has 0 aromatic heterocycles. The van der Waals surface area contributed by atoms with Crippen molar-refractivity contribution in [3.8, 4) is 5.75 Å². The molecule has 5 nitrogen and oxygen atoms in total. The molecule has 0 saturated carbocycles. The summed E-state index contributed by atoms with van der Waals surface area (Å²) in [5, 5.41) is 1.86. The second-order valence-electron chi connectivity index (χ2n) is 4.19. The van der Waals surface area contributed by atoms with E-state index in [1.165, 1.54) is 6.08 Å². The minimum absolute atomic E-state index is 0.135. The molecular weight excluding hydrogens is 244 g/mol. The number of hydrogen-bond donors (Lipinski definition) is 1. The van der Waals surface area contributed by atoms with Crippen LogP contribution >= 0.6 is 0 Å². The fraction of sp³-hybridized carbons (Fsp3) is 0.357. The molecule has 1 aliphatic rings. The number of ether oxygens (including phenoxy) is 2. The first kappa shape index (κ1) is 13.6. The van der Waals surface area contributed by atoms with Gasteiger partial charge in [0.2, 0.25) is 0 Å². The molecule has 1 amide bonds. The van der Waals surface area contributed by atoms with E-state index in [-0.39, 0.29) is 5.91 Å². The van der Waals surface area contributed by atoms with Crippen LogP contribution in [0.25, 0.3) is 6.08 Å². The summed E-state index contributed by atoms with van der Waals surface area (Å²) in [5.41, 5.74) is 3.74. The Balaban J connectivity index is 1.88. The summed E-state index contributed by atoms with van der Waals surface area (Å²) >= 11 is 0. The van der Waals surface area contributed by atoms with Crippen LogP contribution < -0.4 is 10.2 Å². The van der Waals surface area contributed by atoms with Crippen molar-refractivity contribution in [3.63, 3.8) is 0 Å². The Labute approximate surface area is 112 Å². The van der Waals surface area contributed by atoms with Crippen LogP contribution in [0.4, 0.5) is 0 Å². The lowest BCUT2D eigenvalue weighted by Gasteiger charge is -2.26. The lowest BCUT2D eigenvalue weighted by atomic mass is 10.2. The Bertz CT molecular complexity index is 454. The molecule has 19 heavy (non-hydrogen) atoms. The maximum Gasteiger partial charge on any atom is 0.258 e. The summed E-state index contributed by atoms with van der Waals surface area (Å²) in [5.74, 6) is 0.639. The SMILES string of the molecule is COc1cccc(/C=C/C(=O)NN2CCOCC2)c1. The first-order valence-corrected chi connectivity index (χ1v) is 6.23. The van der Waals surface area contributed by atoms with Crippen molar-refractivity contribution in [2.75, 3.05) is 33.4 Å². The monoisotopic (exact) mass is 262 g/mol. The number of nitrogens with one attached hydrogen (secondary N) is 1.